The van der Waals surface area contributed by atoms with Gasteiger partial charge in [0.1, 0.15) is 11.9 Å². The largest absolute Gasteiger partial charge is 0.382 e. The molecular formula is C12H15FN2O2. The van der Waals surface area contributed by atoms with Gasteiger partial charge in [-0.3, -0.25) is 4.79 Å². The summed E-state index contributed by atoms with van der Waals surface area (Å²) in [6.45, 7) is 0.0932. The molecule has 1 aliphatic rings. The van der Waals surface area contributed by atoms with Crippen LogP contribution in [0.4, 0.5) is 4.39 Å². The van der Waals surface area contributed by atoms with Crippen LogP contribution >= 0.6 is 0 Å². The summed E-state index contributed by atoms with van der Waals surface area (Å²) in [5.74, 6) is -0.947. The number of benzene rings is 1. The second kappa shape index (κ2) is 4.81. The Kier molecular flexibility index (Phi) is 3.40. The molecule has 1 aromatic carbocycles. The summed E-state index contributed by atoms with van der Waals surface area (Å²) in [4.78, 5) is 10.7. The Hall–Kier alpha value is -1.46. The van der Waals surface area contributed by atoms with Gasteiger partial charge in [-0.15, -0.1) is 0 Å². The van der Waals surface area contributed by atoms with E-state index in [1.807, 2.05) is 6.07 Å². The number of hydrogen-bond donors (Lipinski definition) is 3. The number of primary amides is 1. The fraction of sp³-hybridized carbons (Fsp3) is 0.417. The van der Waals surface area contributed by atoms with E-state index in [4.69, 9.17) is 5.73 Å². The van der Waals surface area contributed by atoms with Crippen molar-refractivity contribution in [1.82, 2.24) is 5.32 Å². The van der Waals surface area contributed by atoms with Crippen LogP contribution in [0, 0.1) is 5.82 Å². The molecule has 0 heterocycles. The number of aliphatic hydroxyl groups is 1. The molecule has 0 aliphatic heterocycles. The molecule has 0 aromatic heterocycles. The molecule has 1 aromatic rings. The van der Waals surface area contributed by atoms with Crippen molar-refractivity contribution in [3.05, 3.63) is 35.1 Å². The Morgan fingerprint density at radius 1 is 1.65 bits per heavy atom. The molecule has 0 radical (unpaired) electrons. The van der Waals surface area contributed by atoms with E-state index in [2.05, 4.69) is 5.32 Å². The number of nitrogens with two attached hydrogens (primary N) is 1. The molecule has 1 aliphatic carbocycles. The number of fused-ring (bicyclic) bond motifs is 1. The minimum absolute atomic E-state index is 0.0188. The monoisotopic (exact) mass is 238 g/mol. The molecule has 2 unspecified atom stereocenters. The molecule has 0 saturated carbocycles. The molecule has 2 rings (SSSR count). The SMILES string of the molecule is NC(=O)C(O)CNC1CCc2c(F)cccc21. The first-order valence-corrected chi connectivity index (χ1v) is 5.57. The van der Waals surface area contributed by atoms with Gasteiger partial charge in [-0.05, 0) is 30.0 Å². The number of nitrogens with one attached hydrogen (secondary N) is 1. The maximum Gasteiger partial charge on any atom is 0.247 e. The predicted molar refractivity (Wildman–Crippen MR) is 60.7 cm³/mol. The van der Waals surface area contributed by atoms with E-state index >= 15 is 0 Å². The van der Waals surface area contributed by atoms with Crippen LogP contribution in [0.3, 0.4) is 0 Å². The Bertz CT molecular complexity index is 437. The number of carbonyl (C=O) groups excluding carboxylic acids is 1. The third-order valence-electron chi connectivity index (χ3n) is 3.10. The van der Waals surface area contributed by atoms with E-state index in [1.54, 1.807) is 6.07 Å². The van der Waals surface area contributed by atoms with Crippen LogP contribution in [0.1, 0.15) is 23.6 Å². The molecule has 5 heteroatoms. The van der Waals surface area contributed by atoms with Crippen molar-refractivity contribution in [1.29, 1.82) is 0 Å². The lowest BCUT2D eigenvalue weighted by molar-refractivity contribution is -0.125. The Morgan fingerprint density at radius 2 is 2.41 bits per heavy atom. The third kappa shape index (κ3) is 2.45. The van der Waals surface area contributed by atoms with Gasteiger partial charge in [-0.2, -0.15) is 0 Å². The van der Waals surface area contributed by atoms with E-state index in [0.717, 1.165) is 17.5 Å². The van der Waals surface area contributed by atoms with E-state index in [-0.39, 0.29) is 18.4 Å². The highest BCUT2D eigenvalue weighted by Crippen LogP contribution is 2.32. The smallest absolute Gasteiger partial charge is 0.247 e. The molecule has 4 N–H and O–H groups in total. The van der Waals surface area contributed by atoms with Gasteiger partial charge >= 0.3 is 0 Å². The highest BCUT2D eigenvalue weighted by molar-refractivity contribution is 5.78. The molecule has 0 spiro atoms. The van der Waals surface area contributed by atoms with Crippen molar-refractivity contribution in [2.45, 2.75) is 25.0 Å². The summed E-state index contributed by atoms with van der Waals surface area (Å²) in [5.41, 5.74) is 6.58. The van der Waals surface area contributed by atoms with Crippen LogP contribution in [0.15, 0.2) is 18.2 Å². The molecule has 4 nitrogen and oxygen atoms in total. The quantitative estimate of drug-likeness (QED) is 0.703. The van der Waals surface area contributed by atoms with Gasteiger partial charge in [-0.25, -0.2) is 4.39 Å². The minimum atomic E-state index is -1.20. The highest BCUT2D eigenvalue weighted by atomic mass is 19.1. The predicted octanol–water partition coefficient (Wildman–Crippen LogP) is 0.249. The number of aliphatic hydroxyl groups excluding tert-OH is 1. The third-order valence-corrected chi connectivity index (χ3v) is 3.10. The van der Waals surface area contributed by atoms with Crippen LogP contribution in [0.5, 0.6) is 0 Å². The van der Waals surface area contributed by atoms with Crippen molar-refractivity contribution >= 4 is 5.91 Å². The van der Waals surface area contributed by atoms with Crippen LogP contribution in [-0.2, 0) is 11.2 Å². The standard InChI is InChI=1S/C12H15FN2O2/c13-9-3-1-2-8-7(9)4-5-10(8)15-6-11(16)12(14)17/h1-3,10-11,15-16H,4-6H2,(H2,14,17). The first kappa shape index (κ1) is 12.0. The summed E-state index contributed by atoms with van der Waals surface area (Å²) < 4.78 is 13.4. The van der Waals surface area contributed by atoms with Gasteiger partial charge in [0.2, 0.25) is 5.91 Å². The molecule has 1 amide bonds. The second-order valence-electron chi connectivity index (χ2n) is 4.23. The van der Waals surface area contributed by atoms with Gasteiger partial charge in [0, 0.05) is 12.6 Å². The number of halogens is 1. The van der Waals surface area contributed by atoms with Crippen molar-refractivity contribution in [3.63, 3.8) is 0 Å². The minimum Gasteiger partial charge on any atom is -0.382 e. The zero-order valence-corrected chi connectivity index (χ0v) is 9.32. The van der Waals surface area contributed by atoms with Crippen molar-refractivity contribution in [2.24, 2.45) is 5.73 Å². The van der Waals surface area contributed by atoms with E-state index < -0.39 is 12.0 Å². The van der Waals surface area contributed by atoms with Gasteiger partial charge in [0.05, 0.1) is 0 Å². The molecule has 17 heavy (non-hydrogen) atoms. The molecule has 92 valence electrons. The van der Waals surface area contributed by atoms with Crippen molar-refractivity contribution in [2.75, 3.05) is 6.54 Å². The Morgan fingerprint density at radius 3 is 3.12 bits per heavy atom. The fourth-order valence-electron chi connectivity index (χ4n) is 2.18. The lowest BCUT2D eigenvalue weighted by Gasteiger charge is -2.15. The second-order valence-corrected chi connectivity index (χ2v) is 4.23. The Balaban J connectivity index is 2.03. The number of hydrogen-bond acceptors (Lipinski definition) is 3. The molecule has 2 atom stereocenters. The first-order valence-electron chi connectivity index (χ1n) is 5.57. The summed E-state index contributed by atoms with van der Waals surface area (Å²) in [7, 11) is 0. The first-order chi connectivity index (χ1) is 8.09. The van der Waals surface area contributed by atoms with Gasteiger partial charge in [-0.1, -0.05) is 12.1 Å². The zero-order chi connectivity index (χ0) is 12.4. The molecule has 0 bridgehead atoms. The molecule has 0 saturated heterocycles. The average Bonchev–Trinajstić information content (AvgIpc) is 2.70. The van der Waals surface area contributed by atoms with Crippen LogP contribution < -0.4 is 11.1 Å². The summed E-state index contributed by atoms with van der Waals surface area (Å²) in [6, 6.07) is 4.95. The van der Waals surface area contributed by atoms with Gasteiger partial charge < -0.3 is 16.2 Å². The van der Waals surface area contributed by atoms with E-state index in [9.17, 15) is 14.3 Å². The molecular weight excluding hydrogens is 223 g/mol. The Labute approximate surface area is 98.6 Å². The zero-order valence-electron chi connectivity index (χ0n) is 9.32. The maximum absolute atomic E-state index is 13.4. The summed E-state index contributed by atoms with van der Waals surface area (Å²) in [6.07, 6.45) is 0.237. The summed E-state index contributed by atoms with van der Waals surface area (Å²) in [5, 5.41) is 12.3. The highest BCUT2D eigenvalue weighted by Gasteiger charge is 2.25. The average molecular weight is 238 g/mol. The number of carbonyl (C=O) groups is 1. The lowest BCUT2D eigenvalue weighted by atomic mass is 10.1. The number of rotatable bonds is 4. The lowest BCUT2D eigenvalue weighted by Crippen LogP contribution is -2.38. The van der Waals surface area contributed by atoms with Crippen molar-refractivity contribution in [3.8, 4) is 0 Å². The normalized spacial score (nSPS) is 20.0. The maximum atomic E-state index is 13.4. The summed E-state index contributed by atoms with van der Waals surface area (Å²) >= 11 is 0. The van der Waals surface area contributed by atoms with Gasteiger partial charge in [0.15, 0.2) is 0 Å². The fourth-order valence-corrected chi connectivity index (χ4v) is 2.18. The van der Waals surface area contributed by atoms with Gasteiger partial charge in [0.25, 0.3) is 0 Å². The van der Waals surface area contributed by atoms with Crippen LogP contribution in [-0.4, -0.2) is 23.7 Å². The van der Waals surface area contributed by atoms with E-state index in [1.165, 1.54) is 6.07 Å². The van der Waals surface area contributed by atoms with Crippen molar-refractivity contribution < 1.29 is 14.3 Å². The van der Waals surface area contributed by atoms with Crippen LogP contribution in [0.25, 0.3) is 0 Å². The topological polar surface area (TPSA) is 75.4 Å². The number of amides is 1. The van der Waals surface area contributed by atoms with Crippen LogP contribution in [0.2, 0.25) is 0 Å². The molecule has 0 fully saturated rings. The van der Waals surface area contributed by atoms with E-state index in [0.29, 0.717) is 6.42 Å².